The number of hydrogen-bond acceptors (Lipinski definition) is 2. The van der Waals surface area contributed by atoms with Crippen LogP contribution in [-0.4, -0.2) is 11.6 Å². The molecule has 0 N–H and O–H groups in total. The van der Waals surface area contributed by atoms with Gasteiger partial charge in [0.25, 0.3) is 0 Å². The first-order chi connectivity index (χ1) is 4.75. The number of carbonyl (C=O) groups excluding carboxylic acids is 2. The van der Waals surface area contributed by atoms with Crippen LogP contribution in [0.25, 0.3) is 0 Å². The van der Waals surface area contributed by atoms with Crippen molar-refractivity contribution in [3.8, 4) is 0 Å². The fourth-order valence-electron chi connectivity index (χ4n) is 1.41. The van der Waals surface area contributed by atoms with Gasteiger partial charge in [0.2, 0.25) is 5.78 Å². The van der Waals surface area contributed by atoms with Crippen LogP contribution in [0.2, 0.25) is 0 Å². The summed E-state index contributed by atoms with van der Waals surface area (Å²) in [4.78, 5) is 21.7. The van der Waals surface area contributed by atoms with Gasteiger partial charge in [-0.2, -0.15) is 0 Å². The molecule has 0 amide bonds. The molecule has 0 saturated heterocycles. The van der Waals surface area contributed by atoms with Gasteiger partial charge in [-0.05, 0) is 12.8 Å². The van der Waals surface area contributed by atoms with Crippen molar-refractivity contribution >= 4 is 11.6 Å². The molecule has 0 spiro atoms. The number of rotatable bonds is 2. The highest BCUT2D eigenvalue weighted by Gasteiger charge is 2.30. The first-order valence-corrected chi connectivity index (χ1v) is 3.82. The first-order valence-electron chi connectivity index (χ1n) is 3.82. The van der Waals surface area contributed by atoms with Crippen molar-refractivity contribution in [2.45, 2.75) is 32.6 Å². The summed E-state index contributed by atoms with van der Waals surface area (Å²) in [5.41, 5.74) is 0. The molecule has 1 aliphatic rings. The summed E-state index contributed by atoms with van der Waals surface area (Å²) in [6.45, 7) is 2.04. The maximum absolute atomic E-state index is 10.9. The lowest BCUT2D eigenvalue weighted by Gasteiger charge is -2.01. The molecule has 1 unspecified atom stereocenters. The highest BCUT2D eigenvalue weighted by atomic mass is 16.2. The van der Waals surface area contributed by atoms with Crippen LogP contribution in [0.1, 0.15) is 32.6 Å². The summed E-state index contributed by atoms with van der Waals surface area (Å²) in [7, 11) is 0. The van der Waals surface area contributed by atoms with E-state index in [1.54, 1.807) is 0 Å². The minimum Gasteiger partial charge on any atom is -0.291 e. The van der Waals surface area contributed by atoms with Crippen LogP contribution in [0.3, 0.4) is 0 Å². The Morgan fingerprint density at radius 1 is 1.50 bits per heavy atom. The molecule has 1 aliphatic carbocycles. The van der Waals surface area contributed by atoms with E-state index in [0.29, 0.717) is 6.42 Å². The number of ketones is 2. The zero-order valence-electron chi connectivity index (χ0n) is 6.22. The normalized spacial score (nSPS) is 25.9. The Morgan fingerprint density at radius 3 is 2.60 bits per heavy atom. The van der Waals surface area contributed by atoms with E-state index in [9.17, 15) is 9.59 Å². The predicted molar refractivity (Wildman–Crippen MR) is 37.6 cm³/mol. The van der Waals surface area contributed by atoms with E-state index in [4.69, 9.17) is 0 Å². The zero-order valence-corrected chi connectivity index (χ0v) is 6.22. The molecule has 1 atom stereocenters. The predicted octanol–water partition coefficient (Wildman–Crippen LogP) is 1.33. The molecule has 1 fully saturated rings. The molecule has 1 rings (SSSR count). The van der Waals surface area contributed by atoms with Crippen LogP contribution >= 0.6 is 0 Å². The van der Waals surface area contributed by atoms with Gasteiger partial charge in [0, 0.05) is 12.3 Å². The van der Waals surface area contributed by atoms with Gasteiger partial charge in [0.05, 0.1) is 0 Å². The van der Waals surface area contributed by atoms with E-state index < -0.39 is 0 Å². The average molecular weight is 140 g/mol. The lowest BCUT2D eigenvalue weighted by molar-refractivity contribution is -0.135. The van der Waals surface area contributed by atoms with Crippen LogP contribution in [0.4, 0.5) is 0 Å². The molecule has 56 valence electrons. The molecule has 0 aliphatic heterocycles. The van der Waals surface area contributed by atoms with E-state index in [1.165, 1.54) is 0 Å². The summed E-state index contributed by atoms with van der Waals surface area (Å²) >= 11 is 0. The van der Waals surface area contributed by atoms with Crippen molar-refractivity contribution in [1.82, 2.24) is 0 Å². The van der Waals surface area contributed by atoms with Crippen LogP contribution < -0.4 is 0 Å². The van der Waals surface area contributed by atoms with Crippen molar-refractivity contribution in [1.29, 1.82) is 0 Å². The monoisotopic (exact) mass is 140 g/mol. The van der Waals surface area contributed by atoms with Gasteiger partial charge in [-0.15, -0.1) is 0 Å². The Bertz CT molecular complexity index is 161. The largest absolute Gasteiger partial charge is 0.291 e. The highest BCUT2D eigenvalue weighted by molar-refractivity contribution is 6.39. The number of carbonyl (C=O) groups is 2. The average Bonchev–Trinajstić information content (AvgIpc) is 2.20. The third kappa shape index (κ3) is 1.25. The second-order valence-corrected chi connectivity index (χ2v) is 2.81. The molecule has 2 heteroatoms. The Labute approximate surface area is 60.6 Å². The van der Waals surface area contributed by atoms with Gasteiger partial charge < -0.3 is 0 Å². The Hall–Kier alpha value is -0.660. The van der Waals surface area contributed by atoms with Crippen molar-refractivity contribution in [3.05, 3.63) is 0 Å². The Balaban J connectivity index is 2.49. The van der Waals surface area contributed by atoms with Gasteiger partial charge in [-0.25, -0.2) is 0 Å². The molecule has 10 heavy (non-hydrogen) atoms. The SMILES string of the molecule is CCCC1CCC(=O)C1=O. The second kappa shape index (κ2) is 2.95. The Morgan fingerprint density at radius 2 is 2.20 bits per heavy atom. The molecule has 2 nitrogen and oxygen atoms in total. The first kappa shape index (κ1) is 7.45. The van der Waals surface area contributed by atoms with Crippen molar-refractivity contribution in [3.63, 3.8) is 0 Å². The van der Waals surface area contributed by atoms with E-state index in [-0.39, 0.29) is 17.5 Å². The minimum atomic E-state index is -0.154. The van der Waals surface area contributed by atoms with Crippen LogP contribution in [0.15, 0.2) is 0 Å². The number of Topliss-reactive ketones (excluding diaryl/α,β-unsaturated/α-hetero) is 2. The van der Waals surface area contributed by atoms with Crippen molar-refractivity contribution in [2.75, 3.05) is 0 Å². The molecule has 0 aromatic heterocycles. The zero-order chi connectivity index (χ0) is 7.56. The van der Waals surface area contributed by atoms with Gasteiger partial charge in [0.1, 0.15) is 0 Å². The lowest BCUT2D eigenvalue weighted by atomic mass is 10.0. The summed E-state index contributed by atoms with van der Waals surface area (Å²) in [6, 6.07) is 0. The van der Waals surface area contributed by atoms with Crippen molar-refractivity contribution < 1.29 is 9.59 Å². The molecule has 0 aromatic carbocycles. The molecule has 0 aromatic rings. The van der Waals surface area contributed by atoms with Gasteiger partial charge >= 0.3 is 0 Å². The third-order valence-electron chi connectivity index (χ3n) is 2.00. The summed E-state index contributed by atoms with van der Waals surface area (Å²) in [6.07, 6.45) is 3.18. The number of hydrogen-bond donors (Lipinski definition) is 0. The molecule has 0 bridgehead atoms. The van der Waals surface area contributed by atoms with E-state index >= 15 is 0 Å². The van der Waals surface area contributed by atoms with E-state index in [2.05, 4.69) is 0 Å². The molecule has 0 heterocycles. The minimum absolute atomic E-state index is 0.0671. The highest BCUT2D eigenvalue weighted by Crippen LogP contribution is 2.22. The van der Waals surface area contributed by atoms with Crippen LogP contribution in [-0.2, 0) is 9.59 Å². The fraction of sp³-hybridized carbons (Fsp3) is 0.750. The summed E-state index contributed by atoms with van der Waals surface area (Å²) < 4.78 is 0. The van der Waals surface area contributed by atoms with Gasteiger partial charge in [0.15, 0.2) is 5.78 Å². The topological polar surface area (TPSA) is 34.1 Å². The molecular weight excluding hydrogens is 128 g/mol. The quantitative estimate of drug-likeness (QED) is 0.542. The third-order valence-corrected chi connectivity index (χ3v) is 2.00. The molecule has 0 radical (unpaired) electrons. The van der Waals surface area contributed by atoms with E-state index in [1.807, 2.05) is 6.92 Å². The van der Waals surface area contributed by atoms with Gasteiger partial charge in [-0.3, -0.25) is 9.59 Å². The van der Waals surface area contributed by atoms with Crippen LogP contribution in [0, 0.1) is 5.92 Å². The van der Waals surface area contributed by atoms with E-state index in [0.717, 1.165) is 19.3 Å². The Kier molecular flexibility index (Phi) is 2.20. The lowest BCUT2D eigenvalue weighted by Crippen LogP contribution is -2.12. The maximum atomic E-state index is 10.9. The van der Waals surface area contributed by atoms with Crippen LogP contribution in [0.5, 0.6) is 0 Å². The van der Waals surface area contributed by atoms with Gasteiger partial charge in [-0.1, -0.05) is 13.3 Å². The summed E-state index contributed by atoms with van der Waals surface area (Å²) in [5.74, 6) is -0.210. The fourth-order valence-corrected chi connectivity index (χ4v) is 1.41. The maximum Gasteiger partial charge on any atom is 0.201 e. The molecule has 1 saturated carbocycles. The summed E-state index contributed by atoms with van der Waals surface area (Å²) in [5, 5.41) is 0. The second-order valence-electron chi connectivity index (χ2n) is 2.81. The van der Waals surface area contributed by atoms with Crippen molar-refractivity contribution in [2.24, 2.45) is 5.92 Å². The smallest absolute Gasteiger partial charge is 0.201 e. The standard InChI is InChI=1S/C8H12O2/c1-2-3-6-4-5-7(9)8(6)10/h6H,2-5H2,1H3. The molecular formula is C8H12O2.